The normalized spacial score (nSPS) is 11.0. The Morgan fingerprint density at radius 1 is 0.912 bits per heavy atom. The molecule has 0 radical (unpaired) electrons. The van der Waals surface area contributed by atoms with E-state index in [2.05, 4.69) is 9.97 Å². The molecule has 1 amide bonds. The Morgan fingerprint density at radius 3 is 2.29 bits per heavy atom. The van der Waals surface area contributed by atoms with Crippen LogP contribution in [0.3, 0.4) is 0 Å². The summed E-state index contributed by atoms with van der Waals surface area (Å²) in [4.78, 5) is 23.0. The fraction of sp³-hybridized carbons (Fsp3) is 0.160. The number of nitrogens with zero attached hydrogens (tertiary/aromatic N) is 4. The Hall–Kier alpha value is -4.01. The average molecular weight is 468 g/mol. The smallest absolute Gasteiger partial charge is 0.272 e. The van der Waals surface area contributed by atoms with Crippen LogP contribution in [0.5, 0.6) is 0 Å². The monoisotopic (exact) mass is 468 g/mol. The Labute approximate surface area is 193 Å². The van der Waals surface area contributed by atoms with Gasteiger partial charge in [-0.05, 0) is 60.5 Å². The number of carbonyl (C=O) groups excluding carboxylic acids is 1. The highest BCUT2D eigenvalue weighted by molar-refractivity contribution is 5.93. The molecule has 4 rings (SSSR count). The number of rotatable bonds is 7. The predicted octanol–water partition coefficient (Wildman–Crippen LogP) is 4.88. The van der Waals surface area contributed by atoms with Gasteiger partial charge in [0.05, 0.1) is 6.20 Å². The van der Waals surface area contributed by atoms with E-state index in [9.17, 15) is 22.4 Å². The molecule has 2 aromatic heterocycles. The average Bonchev–Trinajstić information content (AvgIpc) is 3.26. The van der Waals surface area contributed by atoms with E-state index in [1.54, 1.807) is 31.6 Å². The third-order valence-electron chi connectivity index (χ3n) is 5.39. The van der Waals surface area contributed by atoms with Gasteiger partial charge in [-0.25, -0.2) is 22.5 Å². The lowest BCUT2D eigenvalue weighted by Crippen LogP contribution is -2.28. The third kappa shape index (κ3) is 4.83. The minimum Gasteiger partial charge on any atom is -0.336 e. The molecule has 174 valence electrons. The van der Waals surface area contributed by atoms with Crippen LogP contribution in [0.1, 0.15) is 27.4 Å². The van der Waals surface area contributed by atoms with Gasteiger partial charge in [0.15, 0.2) is 11.6 Å². The van der Waals surface area contributed by atoms with E-state index >= 15 is 0 Å². The number of benzene rings is 2. The zero-order valence-electron chi connectivity index (χ0n) is 18.2. The molecule has 2 heterocycles. The number of hydrogen-bond donors (Lipinski definition) is 0. The van der Waals surface area contributed by atoms with Gasteiger partial charge in [0.1, 0.15) is 23.2 Å². The molecule has 0 atom stereocenters. The molecule has 0 bridgehead atoms. The number of imidazole rings is 1. The summed E-state index contributed by atoms with van der Waals surface area (Å²) < 4.78 is 56.9. The van der Waals surface area contributed by atoms with Crippen molar-refractivity contribution in [2.45, 2.75) is 19.4 Å². The maximum absolute atomic E-state index is 14.1. The van der Waals surface area contributed by atoms with Crippen molar-refractivity contribution >= 4 is 5.91 Å². The fourth-order valence-electron chi connectivity index (χ4n) is 3.66. The molecule has 0 aliphatic carbocycles. The molecule has 0 saturated carbocycles. The maximum Gasteiger partial charge on any atom is 0.272 e. The number of halogens is 4. The molecule has 0 fully saturated rings. The van der Waals surface area contributed by atoms with Crippen molar-refractivity contribution in [2.24, 2.45) is 0 Å². The van der Waals surface area contributed by atoms with E-state index in [4.69, 9.17) is 0 Å². The van der Waals surface area contributed by atoms with Crippen LogP contribution in [0.15, 0.2) is 67.1 Å². The van der Waals surface area contributed by atoms with Crippen LogP contribution in [-0.2, 0) is 19.4 Å². The Balaban J connectivity index is 1.67. The van der Waals surface area contributed by atoms with E-state index in [-0.39, 0.29) is 24.4 Å². The van der Waals surface area contributed by atoms with E-state index < -0.39 is 28.8 Å². The van der Waals surface area contributed by atoms with Crippen molar-refractivity contribution in [1.82, 2.24) is 19.4 Å². The van der Waals surface area contributed by atoms with Gasteiger partial charge in [0, 0.05) is 43.7 Å². The molecule has 4 aromatic rings. The van der Waals surface area contributed by atoms with Crippen molar-refractivity contribution in [3.63, 3.8) is 0 Å². The molecule has 0 N–H and O–H groups in total. The highest BCUT2D eigenvalue weighted by atomic mass is 19.2. The number of aryl methyl sites for hydroxylation is 1. The maximum atomic E-state index is 14.1. The van der Waals surface area contributed by atoms with Crippen LogP contribution in [0.4, 0.5) is 17.6 Å². The number of hydrogen-bond acceptors (Lipinski definition) is 3. The zero-order valence-corrected chi connectivity index (χ0v) is 18.2. The first-order valence-corrected chi connectivity index (χ1v) is 10.4. The van der Waals surface area contributed by atoms with Gasteiger partial charge >= 0.3 is 0 Å². The van der Waals surface area contributed by atoms with Crippen LogP contribution in [-0.4, -0.2) is 32.4 Å². The minimum atomic E-state index is -1.26. The van der Waals surface area contributed by atoms with E-state index in [0.29, 0.717) is 18.1 Å². The molecular weight excluding hydrogens is 448 g/mol. The number of pyridine rings is 1. The van der Waals surface area contributed by atoms with E-state index in [0.717, 1.165) is 17.7 Å². The zero-order chi connectivity index (χ0) is 24.2. The summed E-state index contributed by atoms with van der Waals surface area (Å²) in [5, 5.41) is 0. The lowest BCUT2D eigenvalue weighted by molar-refractivity contribution is 0.0777. The summed E-state index contributed by atoms with van der Waals surface area (Å²) in [6.07, 6.45) is 4.44. The standard InChI is InChI=1S/C25H20F4N4O/c1-32(15-16-10-12-30-13-11-16)25(34)22-14-31-23(33(22)18-4-2-17(26)3-5-18)9-6-19-20(27)7-8-21(28)24(19)29/h2-5,7-8,10-14H,6,9,15H2,1H3. The molecular formula is C25H20F4N4O. The van der Waals surface area contributed by atoms with Gasteiger partial charge < -0.3 is 4.90 Å². The van der Waals surface area contributed by atoms with Gasteiger partial charge in [-0.3, -0.25) is 14.3 Å². The largest absolute Gasteiger partial charge is 0.336 e. The molecule has 0 saturated heterocycles. The van der Waals surface area contributed by atoms with Gasteiger partial charge in [0.25, 0.3) is 5.91 Å². The quantitative estimate of drug-likeness (QED) is 0.287. The molecule has 9 heteroatoms. The SMILES string of the molecule is CN(Cc1ccncc1)C(=O)c1cnc(CCc2c(F)ccc(F)c2F)n1-c1ccc(F)cc1. The number of carbonyl (C=O) groups is 1. The van der Waals surface area contributed by atoms with E-state index in [1.807, 2.05) is 0 Å². The van der Waals surface area contributed by atoms with Crippen molar-refractivity contribution in [2.75, 3.05) is 7.05 Å². The first-order valence-electron chi connectivity index (χ1n) is 10.4. The van der Waals surface area contributed by atoms with Crippen molar-refractivity contribution in [3.8, 4) is 5.69 Å². The van der Waals surface area contributed by atoms with Crippen LogP contribution in [0.2, 0.25) is 0 Å². The second-order valence-electron chi connectivity index (χ2n) is 7.71. The third-order valence-corrected chi connectivity index (χ3v) is 5.39. The van der Waals surface area contributed by atoms with Gasteiger partial charge in [-0.1, -0.05) is 0 Å². The van der Waals surface area contributed by atoms with E-state index in [1.165, 1.54) is 39.9 Å². The molecule has 0 aliphatic rings. The van der Waals surface area contributed by atoms with Crippen LogP contribution >= 0.6 is 0 Å². The summed E-state index contributed by atoms with van der Waals surface area (Å²) in [7, 11) is 1.63. The summed E-state index contributed by atoms with van der Waals surface area (Å²) >= 11 is 0. The number of amides is 1. The van der Waals surface area contributed by atoms with Gasteiger partial charge in [-0.2, -0.15) is 0 Å². The van der Waals surface area contributed by atoms with Crippen LogP contribution in [0, 0.1) is 23.3 Å². The highest BCUT2D eigenvalue weighted by Gasteiger charge is 2.22. The lowest BCUT2D eigenvalue weighted by Gasteiger charge is -2.19. The number of aromatic nitrogens is 3. The highest BCUT2D eigenvalue weighted by Crippen LogP contribution is 2.22. The lowest BCUT2D eigenvalue weighted by atomic mass is 10.1. The minimum absolute atomic E-state index is 0.00994. The predicted molar refractivity (Wildman–Crippen MR) is 117 cm³/mol. The second kappa shape index (κ2) is 9.86. The van der Waals surface area contributed by atoms with Gasteiger partial charge in [0.2, 0.25) is 0 Å². The topological polar surface area (TPSA) is 51.0 Å². The Bertz CT molecular complexity index is 1310. The van der Waals surface area contributed by atoms with Crippen molar-refractivity contribution in [3.05, 3.63) is 113 Å². The Morgan fingerprint density at radius 2 is 1.59 bits per heavy atom. The molecule has 34 heavy (non-hydrogen) atoms. The molecule has 5 nitrogen and oxygen atoms in total. The molecule has 0 spiro atoms. The fourth-order valence-corrected chi connectivity index (χ4v) is 3.66. The first kappa shape index (κ1) is 23.2. The molecule has 0 unspecified atom stereocenters. The summed E-state index contributed by atoms with van der Waals surface area (Å²) in [6, 6.07) is 10.6. The summed E-state index contributed by atoms with van der Waals surface area (Å²) in [5.74, 6) is -3.78. The van der Waals surface area contributed by atoms with Crippen molar-refractivity contribution in [1.29, 1.82) is 0 Å². The molecule has 2 aromatic carbocycles. The summed E-state index contributed by atoms with van der Waals surface area (Å²) in [5.41, 5.74) is 1.11. The Kier molecular flexibility index (Phi) is 6.72. The first-order chi connectivity index (χ1) is 16.3. The summed E-state index contributed by atoms with van der Waals surface area (Å²) in [6.45, 7) is 0.311. The van der Waals surface area contributed by atoms with Crippen LogP contribution in [0.25, 0.3) is 5.69 Å². The molecule has 0 aliphatic heterocycles. The van der Waals surface area contributed by atoms with Gasteiger partial charge in [-0.15, -0.1) is 0 Å². The van der Waals surface area contributed by atoms with Crippen LogP contribution < -0.4 is 0 Å². The second-order valence-corrected chi connectivity index (χ2v) is 7.71. The van der Waals surface area contributed by atoms with Crippen molar-refractivity contribution < 1.29 is 22.4 Å².